The Bertz CT molecular complexity index is 2300. The molecule has 0 spiro atoms. The van der Waals surface area contributed by atoms with Gasteiger partial charge in [-0.1, -0.05) is 67.7 Å². The van der Waals surface area contributed by atoms with Crippen LogP contribution < -0.4 is 24.4 Å². The number of carbonyl (C=O) groups is 3. The second-order valence-corrected chi connectivity index (χ2v) is 13.9. The molecule has 0 saturated carbocycles. The van der Waals surface area contributed by atoms with Crippen LogP contribution in [0, 0.1) is 0 Å². The van der Waals surface area contributed by atoms with E-state index in [0.717, 1.165) is 54.8 Å². The zero-order valence-corrected chi connectivity index (χ0v) is 32.4. The molecular weight excluding hydrogens is 743 g/mol. The highest BCUT2D eigenvalue weighted by Crippen LogP contribution is 2.37. The lowest BCUT2D eigenvalue weighted by molar-refractivity contribution is -0.137. The van der Waals surface area contributed by atoms with Crippen molar-refractivity contribution in [2.45, 2.75) is 45.4 Å². The molecule has 5 aromatic carbocycles. The summed E-state index contributed by atoms with van der Waals surface area (Å²) in [5, 5.41) is 6.12. The van der Waals surface area contributed by atoms with Gasteiger partial charge in [0.2, 0.25) is 5.13 Å². The molecular formula is C45H43N3O8S. The van der Waals surface area contributed by atoms with Gasteiger partial charge in [0.05, 0.1) is 47.4 Å². The Morgan fingerprint density at radius 1 is 0.737 bits per heavy atom. The average Bonchev–Trinajstić information content (AvgIpc) is 3.66. The van der Waals surface area contributed by atoms with Gasteiger partial charge in [-0.3, -0.25) is 5.43 Å². The summed E-state index contributed by atoms with van der Waals surface area (Å²) < 4.78 is 29.7. The van der Waals surface area contributed by atoms with Crippen molar-refractivity contribution in [2.24, 2.45) is 5.10 Å². The fourth-order valence-corrected chi connectivity index (χ4v) is 6.52. The molecule has 12 heteroatoms. The Morgan fingerprint density at radius 2 is 1.35 bits per heavy atom. The van der Waals surface area contributed by atoms with E-state index in [0.29, 0.717) is 63.9 Å². The van der Waals surface area contributed by atoms with Crippen molar-refractivity contribution in [1.29, 1.82) is 0 Å². The molecule has 6 rings (SSSR count). The van der Waals surface area contributed by atoms with E-state index in [2.05, 4.69) is 29.0 Å². The summed E-state index contributed by atoms with van der Waals surface area (Å²) in [7, 11) is 0. The minimum Gasteiger partial charge on any atom is -0.494 e. The van der Waals surface area contributed by atoms with Crippen LogP contribution in [0.25, 0.3) is 21.0 Å². The largest absolute Gasteiger partial charge is 0.494 e. The first kappa shape index (κ1) is 40.1. The normalized spacial score (nSPS) is 11.0. The molecule has 0 unspecified atom stereocenters. The first-order chi connectivity index (χ1) is 27.9. The first-order valence-electron chi connectivity index (χ1n) is 18.8. The number of nitrogens with one attached hydrogen (secondary N) is 1. The second-order valence-electron chi connectivity index (χ2n) is 12.9. The summed E-state index contributed by atoms with van der Waals surface area (Å²) in [5.74, 6) is 0.223. The van der Waals surface area contributed by atoms with Crippen LogP contribution in [-0.4, -0.2) is 48.9 Å². The molecule has 0 saturated heterocycles. The maximum Gasteiger partial charge on any atom is 0.343 e. The van der Waals surface area contributed by atoms with Gasteiger partial charge in [-0.15, -0.1) is 0 Å². The summed E-state index contributed by atoms with van der Waals surface area (Å²) >= 11 is 1.45. The van der Waals surface area contributed by atoms with E-state index in [-0.39, 0.29) is 11.5 Å². The number of esters is 3. The van der Waals surface area contributed by atoms with Crippen LogP contribution >= 0.6 is 11.3 Å². The molecule has 0 amide bonds. The molecule has 1 heterocycles. The number of nitrogens with zero attached hydrogens (tertiary/aromatic N) is 2. The smallest absolute Gasteiger partial charge is 0.343 e. The topological polar surface area (TPSA) is 135 Å². The van der Waals surface area contributed by atoms with Crippen LogP contribution in [0.4, 0.5) is 5.13 Å². The highest BCUT2D eigenvalue weighted by Gasteiger charge is 2.20. The van der Waals surface area contributed by atoms with E-state index in [1.54, 1.807) is 66.7 Å². The molecule has 11 nitrogen and oxygen atoms in total. The number of hydrazone groups is 1. The fraction of sp³-hybridized carbons (Fsp3) is 0.222. The fourth-order valence-electron chi connectivity index (χ4n) is 5.71. The van der Waals surface area contributed by atoms with Gasteiger partial charge in [0.15, 0.2) is 0 Å². The molecule has 0 aliphatic rings. The van der Waals surface area contributed by atoms with Gasteiger partial charge < -0.3 is 23.7 Å². The number of rotatable bonds is 20. The van der Waals surface area contributed by atoms with Gasteiger partial charge in [0.1, 0.15) is 23.0 Å². The quantitative estimate of drug-likeness (QED) is 0.0199. The molecule has 0 radical (unpaired) electrons. The minimum absolute atomic E-state index is 0.235. The molecule has 6 aromatic rings. The zero-order chi connectivity index (χ0) is 39.8. The Hall–Kier alpha value is -6.53. The Kier molecular flexibility index (Phi) is 14.4. The summed E-state index contributed by atoms with van der Waals surface area (Å²) in [6, 6.07) is 30.2. The van der Waals surface area contributed by atoms with Gasteiger partial charge in [-0.2, -0.15) is 5.10 Å². The average molecular weight is 786 g/mol. The second kappa shape index (κ2) is 20.4. The lowest BCUT2D eigenvalue weighted by atomic mass is 10.0. The molecule has 1 aromatic heterocycles. The first-order valence-corrected chi connectivity index (χ1v) is 19.6. The van der Waals surface area contributed by atoms with Crippen LogP contribution in [0.5, 0.6) is 23.0 Å². The molecule has 0 fully saturated rings. The van der Waals surface area contributed by atoms with E-state index in [9.17, 15) is 14.4 Å². The summed E-state index contributed by atoms with van der Waals surface area (Å²) in [6.07, 6.45) is 8.05. The van der Waals surface area contributed by atoms with Crippen molar-refractivity contribution in [3.63, 3.8) is 0 Å². The number of fused-ring (bicyclic) bond motifs is 2. The number of benzene rings is 5. The predicted octanol–water partition coefficient (Wildman–Crippen LogP) is 10.2. The highest BCUT2D eigenvalue weighted by atomic mass is 32.1. The monoisotopic (exact) mass is 785 g/mol. The number of hydrogen-bond donors (Lipinski definition) is 1. The summed E-state index contributed by atoms with van der Waals surface area (Å²) in [5.41, 5.74) is 4.87. The number of ether oxygens (including phenoxy) is 5. The third-order valence-corrected chi connectivity index (χ3v) is 9.65. The summed E-state index contributed by atoms with van der Waals surface area (Å²) in [6.45, 7) is 6.96. The molecule has 1 N–H and O–H groups in total. The van der Waals surface area contributed by atoms with E-state index in [4.69, 9.17) is 23.7 Å². The summed E-state index contributed by atoms with van der Waals surface area (Å²) in [4.78, 5) is 42.8. The van der Waals surface area contributed by atoms with Gasteiger partial charge in [-0.05, 0) is 98.8 Å². The Labute approximate surface area is 334 Å². The minimum atomic E-state index is -0.594. The van der Waals surface area contributed by atoms with E-state index in [1.165, 1.54) is 17.6 Å². The molecule has 0 aliphatic heterocycles. The van der Waals surface area contributed by atoms with Crippen LogP contribution in [0.15, 0.2) is 121 Å². The molecule has 0 atom stereocenters. The van der Waals surface area contributed by atoms with Crippen molar-refractivity contribution in [3.05, 3.63) is 132 Å². The number of hydrogen-bond acceptors (Lipinski definition) is 12. The predicted molar refractivity (Wildman–Crippen MR) is 223 cm³/mol. The number of para-hydroxylation sites is 1. The lowest BCUT2D eigenvalue weighted by Crippen LogP contribution is -2.12. The van der Waals surface area contributed by atoms with Crippen molar-refractivity contribution in [3.8, 4) is 23.0 Å². The van der Waals surface area contributed by atoms with Crippen molar-refractivity contribution in [2.75, 3.05) is 25.2 Å². The molecule has 0 aliphatic carbocycles. The maximum atomic E-state index is 13.7. The Morgan fingerprint density at radius 3 is 2.02 bits per heavy atom. The van der Waals surface area contributed by atoms with E-state index < -0.39 is 17.9 Å². The van der Waals surface area contributed by atoms with Crippen LogP contribution in [0.1, 0.15) is 71.7 Å². The van der Waals surface area contributed by atoms with E-state index in [1.807, 2.05) is 36.4 Å². The van der Waals surface area contributed by atoms with Gasteiger partial charge in [-0.25, -0.2) is 19.4 Å². The Balaban J connectivity index is 1.18. The van der Waals surface area contributed by atoms with Crippen molar-refractivity contribution >= 4 is 61.6 Å². The van der Waals surface area contributed by atoms with E-state index >= 15 is 0 Å². The number of aromatic nitrogens is 1. The van der Waals surface area contributed by atoms with Crippen LogP contribution in [-0.2, 0) is 9.53 Å². The third-order valence-electron chi connectivity index (χ3n) is 8.71. The lowest BCUT2D eigenvalue weighted by Gasteiger charge is -2.15. The van der Waals surface area contributed by atoms with Crippen LogP contribution in [0.2, 0.25) is 0 Å². The molecule has 0 bridgehead atoms. The van der Waals surface area contributed by atoms with Gasteiger partial charge in [0, 0.05) is 22.4 Å². The standard InChI is InChI=1S/C45H43N3O8S/c1-3-5-26-52-34-22-18-31(19-23-34)43(50)55-39-29-33(30-46-48-45-47-38-16-10-11-17-40(38)57-45)42(37-15-9-8-14-36(37)39)56-44(51)32-20-24-35(25-21-32)53-27-12-6-7-13-28-54-41(49)4-2/h4,8-11,14-25,29-30H,2-3,5-7,12-13,26-28H2,1H3,(H,47,48)/b46-30+. The SMILES string of the molecule is C=CC(=O)OCCCCCCOc1ccc(C(=O)Oc2c(/C=N/Nc3nc4ccccc4s3)cc(OC(=O)c3ccc(OCCCC)cc3)c3ccccc23)cc1. The molecule has 57 heavy (non-hydrogen) atoms. The van der Waals surface area contributed by atoms with Crippen LogP contribution in [0.3, 0.4) is 0 Å². The number of anilines is 1. The number of thiazole rings is 1. The number of carbonyl (C=O) groups excluding carboxylic acids is 3. The zero-order valence-electron chi connectivity index (χ0n) is 31.6. The molecule has 292 valence electrons. The third kappa shape index (κ3) is 11.3. The van der Waals surface area contributed by atoms with Gasteiger partial charge in [0.25, 0.3) is 0 Å². The van der Waals surface area contributed by atoms with Crippen molar-refractivity contribution < 1.29 is 38.1 Å². The maximum absolute atomic E-state index is 13.7. The highest BCUT2D eigenvalue weighted by molar-refractivity contribution is 7.22. The van der Waals surface area contributed by atoms with Gasteiger partial charge >= 0.3 is 17.9 Å². The number of unbranched alkanes of at least 4 members (excludes halogenated alkanes) is 4. The van der Waals surface area contributed by atoms with Crippen molar-refractivity contribution in [1.82, 2.24) is 4.98 Å².